The fraction of sp³-hybridized carbons (Fsp3) is 0.917. The molecule has 1 aliphatic rings. The van der Waals surface area contributed by atoms with Crippen molar-refractivity contribution in [3.05, 3.63) is 0 Å². The molecular weight excluding hydrogens is 202 g/mol. The lowest BCUT2D eigenvalue weighted by Crippen LogP contribution is -2.42. The Hall–Kier alpha value is -0.610. The first-order valence-electron chi connectivity index (χ1n) is 6.38. The first-order valence-corrected chi connectivity index (χ1v) is 6.38. The summed E-state index contributed by atoms with van der Waals surface area (Å²) in [6.07, 6.45) is 4.56. The van der Waals surface area contributed by atoms with Gasteiger partial charge in [-0.2, -0.15) is 0 Å². The molecule has 0 spiro atoms. The molecular formula is C12H25N3O. The second kappa shape index (κ2) is 7.63. The lowest BCUT2D eigenvalue weighted by atomic mass is 9.97. The van der Waals surface area contributed by atoms with Crippen LogP contribution in [0.15, 0.2) is 0 Å². The van der Waals surface area contributed by atoms with Crippen molar-refractivity contribution in [3.8, 4) is 0 Å². The van der Waals surface area contributed by atoms with Crippen molar-refractivity contribution in [2.75, 3.05) is 32.8 Å². The molecule has 4 nitrogen and oxygen atoms in total. The molecule has 4 heteroatoms. The molecule has 1 saturated heterocycles. The number of nitrogens with two attached hydrogens (primary N) is 1. The first-order chi connectivity index (χ1) is 7.74. The van der Waals surface area contributed by atoms with Crippen LogP contribution >= 0.6 is 0 Å². The van der Waals surface area contributed by atoms with Gasteiger partial charge >= 0.3 is 0 Å². The van der Waals surface area contributed by atoms with E-state index in [1.807, 2.05) is 0 Å². The molecule has 16 heavy (non-hydrogen) atoms. The highest BCUT2D eigenvalue weighted by Crippen LogP contribution is 2.15. The number of nitrogens with one attached hydrogen (secondary N) is 1. The quantitative estimate of drug-likeness (QED) is 0.393. The van der Waals surface area contributed by atoms with Crippen LogP contribution in [0, 0.1) is 11.3 Å². The summed E-state index contributed by atoms with van der Waals surface area (Å²) in [7, 11) is 0. The van der Waals surface area contributed by atoms with Gasteiger partial charge in [-0.15, -0.1) is 0 Å². The minimum atomic E-state index is 0.268. The maximum atomic E-state index is 7.47. The summed E-state index contributed by atoms with van der Waals surface area (Å²) in [5.74, 6) is 0.612. The zero-order chi connectivity index (χ0) is 11.8. The maximum absolute atomic E-state index is 7.47. The van der Waals surface area contributed by atoms with Crippen LogP contribution < -0.4 is 5.73 Å². The van der Waals surface area contributed by atoms with E-state index < -0.39 is 0 Å². The van der Waals surface area contributed by atoms with Crippen LogP contribution in [0.25, 0.3) is 0 Å². The van der Waals surface area contributed by atoms with Crippen molar-refractivity contribution in [1.82, 2.24) is 4.90 Å². The molecule has 0 radical (unpaired) electrons. The summed E-state index contributed by atoms with van der Waals surface area (Å²) >= 11 is 0. The molecule has 0 saturated carbocycles. The molecule has 1 rings (SSSR count). The van der Waals surface area contributed by atoms with Crippen LogP contribution in [0.3, 0.4) is 0 Å². The molecule has 0 aliphatic carbocycles. The third kappa shape index (κ3) is 4.94. The number of hydrogen-bond acceptors (Lipinski definition) is 3. The van der Waals surface area contributed by atoms with E-state index in [9.17, 15) is 0 Å². The highest BCUT2D eigenvalue weighted by Gasteiger charge is 2.21. The Morgan fingerprint density at radius 2 is 2.31 bits per heavy atom. The summed E-state index contributed by atoms with van der Waals surface area (Å²) in [5.41, 5.74) is 5.55. The molecule has 1 atom stereocenters. The van der Waals surface area contributed by atoms with Gasteiger partial charge in [0.05, 0.1) is 12.4 Å². The van der Waals surface area contributed by atoms with Crippen molar-refractivity contribution in [1.29, 1.82) is 5.41 Å². The van der Waals surface area contributed by atoms with Crippen molar-refractivity contribution in [2.45, 2.75) is 32.6 Å². The standard InChI is InChI=1S/C12H25N3O/c1-2-3-8-16-9-7-15-6-4-5-11(10-15)12(13)14/h11H,2-10H2,1H3,(H3,13,14). The van der Waals surface area contributed by atoms with E-state index in [1.54, 1.807) is 0 Å². The van der Waals surface area contributed by atoms with Gasteiger partial charge in [0.2, 0.25) is 0 Å². The third-order valence-corrected chi connectivity index (χ3v) is 3.14. The van der Waals surface area contributed by atoms with Crippen molar-refractivity contribution in [2.24, 2.45) is 11.7 Å². The van der Waals surface area contributed by atoms with Gasteiger partial charge in [0.1, 0.15) is 0 Å². The van der Waals surface area contributed by atoms with Crippen LogP contribution in [-0.2, 0) is 4.74 Å². The van der Waals surface area contributed by atoms with Crippen molar-refractivity contribution < 1.29 is 4.74 Å². The first kappa shape index (κ1) is 13.5. The van der Waals surface area contributed by atoms with E-state index in [-0.39, 0.29) is 5.92 Å². The third-order valence-electron chi connectivity index (χ3n) is 3.14. The Morgan fingerprint density at radius 1 is 1.50 bits per heavy atom. The van der Waals surface area contributed by atoms with Gasteiger partial charge in [-0.05, 0) is 25.8 Å². The number of nitrogens with zero attached hydrogens (tertiary/aromatic N) is 1. The number of hydrogen-bond donors (Lipinski definition) is 2. The normalized spacial score (nSPS) is 22.2. The SMILES string of the molecule is CCCCOCCN1CCCC(C(=N)N)C1. The van der Waals surface area contributed by atoms with Crippen LogP contribution in [0.2, 0.25) is 0 Å². The zero-order valence-electron chi connectivity index (χ0n) is 10.4. The molecule has 0 bridgehead atoms. The topological polar surface area (TPSA) is 62.3 Å². The van der Waals surface area contributed by atoms with E-state index in [0.29, 0.717) is 5.84 Å². The average Bonchev–Trinajstić information content (AvgIpc) is 2.29. The van der Waals surface area contributed by atoms with Crippen LogP contribution in [-0.4, -0.2) is 43.6 Å². The fourth-order valence-corrected chi connectivity index (χ4v) is 2.05. The molecule has 1 heterocycles. The average molecular weight is 227 g/mol. The summed E-state index contributed by atoms with van der Waals surface area (Å²) in [5, 5.41) is 7.47. The van der Waals surface area contributed by atoms with E-state index in [2.05, 4.69) is 11.8 Å². The molecule has 3 N–H and O–H groups in total. The van der Waals surface area contributed by atoms with Gasteiger partial charge < -0.3 is 15.4 Å². The molecule has 1 fully saturated rings. The minimum Gasteiger partial charge on any atom is -0.387 e. The van der Waals surface area contributed by atoms with Gasteiger partial charge in [-0.3, -0.25) is 5.41 Å². The molecule has 1 unspecified atom stereocenters. The highest BCUT2D eigenvalue weighted by molar-refractivity contribution is 5.79. The Labute approximate surface area is 98.6 Å². The lowest BCUT2D eigenvalue weighted by molar-refractivity contribution is 0.0898. The monoisotopic (exact) mass is 227 g/mol. The van der Waals surface area contributed by atoms with Gasteiger partial charge in [-0.25, -0.2) is 0 Å². The molecule has 0 aromatic rings. The van der Waals surface area contributed by atoms with Crippen molar-refractivity contribution in [3.63, 3.8) is 0 Å². The predicted molar refractivity (Wildman–Crippen MR) is 66.8 cm³/mol. The van der Waals surface area contributed by atoms with Gasteiger partial charge in [-0.1, -0.05) is 13.3 Å². The largest absolute Gasteiger partial charge is 0.387 e. The predicted octanol–water partition coefficient (Wildman–Crippen LogP) is 1.45. The van der Waals surface area contributed by atoms with Gasteiger partial charge in [0, 0.05) is 25.6 Å². The Kier molecular flexibility index (Phi) is 6.42. The fourth-order valence-electron chi connectivity index (χ4n) is 2.05. The second-order valence-electron chi connectivity index (χ2n) is 4.56. The summed E-state index contributed by atoms with van der Waals surface area (Å²) in [6.45, 7) is 6.90. The minimum absolute atomic E-state index is 0.268. The summed E-state index contributed by atoms with van der Waals surface area (Å²) < 4.78 is 5.55. The molecule has 0 amide bonds. The Bertz CT molecular complexity index is 208. The molecule has 1 aliphatic heterocycles. The van der Waals surface area contributed by atoms with Gasteiger partial charge in [0.15, 0.2) is 0 Å². The van der Waals surface area contributed by atoms with E-state index >= 15 is 0 Å². The number of piperidine rings is 1. The summed E-state index contributed by atoms with van der Waals surface area (Å²) in [4.78, 5) is 2.36. The van der Waals surface area contributed by atoms with E-state index in [4.69, 9.17) is 15.9 Å². The number of unbranched alkanes of at least 4 members (excludes halogenated alkanes) is 1. The van der Waals surface area contributed by atoms with Crippen LogP contribution in [0.4, 0.5) is 0 Å². The van der Waals surface area contributed by atoms with Crippen LogP contribution in [0.5, 0.6) is 0 Å². The highest BCUT2D eigenvalue weighted by atomic mass is 16.5. The molecule has 0 aromatic heterocycles. The van der Waals surface area contributed by atoms with Crippen molar-refractivity contribution >= 4 is 5.84 Å². The summed E-state index contributed by atoms with van der Waals surface area (Å²) in [6, 6.07) is 0. The lowest BCUT2D eigenvalue weighted by Gasteiger charge is -2.31. The van der Waals surface area contributed by atoms with Gasteiger partial charge in [0.25, 0.3) is 0 Å². The smallest absolute Gasteiger partial charge is 0.0949 e. The Balaban J connectivity index is 2.10. The number of ether oxygens (including phenoxy) is 1. The zero-order valence-corrected chi connectivity index (χ0v) is 10.4. The second-order valence-corrected chi connectivity index (χ2v) is 4.56. The number of likely N-dealkylation sites (tertiary alicyclic amines) is 1. The molecule has 0 aromatic carbocycles. The number of amidine groups is 1. The Morgan fingerprint density at radius 3 is 3.00 bits per heavy atom. The number of rotatable bonds is 7. The van der Waals surface area contributed by atoms with Crippen LogP contribution in [0.1, 0.15) is 32.6 Å². The van der Waals surface area contributed by atoms with E-state index in [0.717, 1.165) is 52.1 Å². The molecule has 94 valence electrons. The maximum Gasteiger partial charge on any atom is 0.0949 e. The van der Waals surface area contributed by atoms with E-state index in [1.165, 1.54) is 6.42 Å².